The number of esters is 1. The number of anilines is 1. The third-order valence-corrected chi connectivity index (χ3v) is 3.90. The number of carbonyl (C=O) groups is 2. The topological polar surface area (TPSA) is 64.6 Å². The first-order chi connectivity index (χ1) is 11.8. The van der Waals surface area contributed by atoms with Crippen LogP contribution in [0, 0.1) is 19.7 Å². The number of aryl methyl sites for hydroxylation is 2. The van der Waals surface area contributed by atoms with Crippen molar-refractivity contribution in [2.75, 3.05) is 19.0 Å². The molecule has 132 valence electrons. The summed E-state index contributed by atoms with van der Waals surface area (Å²) in [5, 5.41) is 3.09. The lowest BCUT2D eigenvalue weighted by Gasteiger charge is -2.12. The second kappa shape index (κ2) is 7.98. The van der Waals surface area contributed by atoms with Crippen LogP contribution in [-0.4, -0.2) is 25.6 Å². The summed E-state index contributed by atoms with van der Waals surface area (Å²) in [5.41, 5.74) is 1.62. The van der Waals surface area contributed by atoms with E-state index in [0.29, 0.717) is 22.0 Å². The number of carbonyl (C=O) groups excluding carboxylic acids is 2. The molecule has 5 nitrogen and oxygen atoms in total. The van der Waals surface area contributed by atoms with Crippen LogP contribution in [0.4, 0.5) is 10.1 Å². The summed E-state index contributed by atoms with van der Waals surface area (Å²) in [5.74, 6) is -1.47. The average Bonchev–Trinajstić information content (AvgIpc) is 2.58. The lowest BCUT2D eigenvalue weighted by Crippen LogP contribution is -2.21. The number of ether oxygens (including phenoxy) is 2. The number of hydrogen-bond acceptors (Lipinski definition) is 4. The molecule has 0 saturated heterocycles. The summed E-state index contributed by atoms with van der Waals surface area (Å²) in [6.07, 6.45) is 0. The molecule has 0 unspecified atom stereocenters. The fourth-order valence-corrected chi connectivity index (χ4v) is 2.20. The highest BCUT2D eigenvalue weighted by atomic mass is 35.5. The SMILES string of the molecule is COc1cc(Cl)c(C)cc1NC(=O)COC(=O)c1ccc(C)c(F)c1. The van der Waals surface area contributed by atoms with Crippen molar-refractivity contribution in [3.8, 4) is 5.75 Å². The zero-order valence-corrected chi connectivity index (χ0v) is 14.7. The van der Waals surface area contributed by atoms with E-state index in [-0.39, 0.29) is 5.56 Å². The minimum Gasteiger partial charge on any atom is -0.495 e. The van der Waals surface area contributed by atoms with Gasteiger partial charge in [0.05, 0.1) is 18.4 Å². The maximum atomic E-state index is 13.5. The first-order valence-corrected chi connectivity index (χ1v) is 7.77. The van der Waals surface area contributed by atoms with E-state index in [1.165, 1.54) is 19.2 Å². The largest absolute Gasteiger partial charge is 0.495 e. The molecule has 1 amide bonds. The van der Waals surface area contributed by atoms with E-state index in [9.17, 15) is 14.0 Å². The Bertz CT molecular complexity index is 823. The molecule has 0 aromatic heterocycles. The van der Waals surface area contributed by atoms with Crippen molar-refractivity contribution in [1.29, 1.82) is 0 Å². The van der Waals surface area contributed by atoms with Crippen LogP contribution in [0.2, 0.25) is 5.02 Å². The van der Waals surface area contributed by atoms with Crippen LogP contribution in [0.15, 0.2) is 30.3 Å². The normalized spacial score (nSPS) is 10.3. The van der Waals surface area contributed by atoms with Gasteiger partial charge in [0, 0.05) is 11.1 Å². The second-order valence-electron chi connectivity index (χ2n) is 5.39. The maximum absolute atomic E-state index is 13.5. The van der Waals surface area contributed by atoms with Gasteiger partial charge >= 0.3 is 5.97 Å². The number of methoxy groups -OCH3 is 1. The highest BCUT2D eigenvalue weighted by Crippen LogP contribution is 2.30. The van der Waals surface area contributed by atoms with E-state index >= 15 is 0 Å². The van der Waals surface area contributed by atoms with Crippen molar-refractivity contribution in [1.82, 2.24) is 0 Å². The van der Waals surface area contributed by atoms with Gasteiger partial charge in [-0.2, -0.15) is 0 Å². The Kier molecular flexibility index (Phi) is 5.98. The van der Waals surface area contributed by atoms with E-state index in [4.69, 9.17) is 21.1 Å². The molecule has 2 aromatic rings. The molecule has 0 fully saturated rings. The third kappa shape index (κ3) is 4.70. The Hall–Kier alpha value is -2.60. The lowest BCUT2D eigenvalue weighted by molar-refractivity contribution is -0.119. The van der Waals surface area contributed by atoms with E-state index < -0.39 is 24.3 Å². The summed E-state index contributed by atoms with van der Waals surface area (Å²) < 4.78 is 23.5. The predicted molar refractivity (Wildman–Crippen MR) is 92.8 cm³/mol. The lowest BCUT2D eigenvalue weighted by atomic mass is 10.1. The molecule has 7 heteroatoms. The van der Waals surface area contributed by atoms with Gasteiger partial charge in [0.25, 0.3) is 5.91 Å². The zero-order chi connectivity index (χ0) is 18.6. The van der Waals surface area contributed by atoms with Gasteiger partial charge < -0.3 is 14.8 Å². The number of halogens is 2. The van der Waals surface area contributed by atoms with Gasteiger partial charge in [0.2, 0.25) is 0 Å². The fraction of sp³-hybridized carbons (Fsp3) is 0.222. The minimum atomic E-state index is -0.784. The highest BCUT2D eigenvalue weighted by Gasteiger charge is 2.14. The molecule has 1 N–H and O–H groups in total. The Labute approximate surface area is 149 Å². The molecule has 0 bridgehead atoms. The van der Waals surface area contributed by atoms with Crippen LogP contribution in [0.1, 0.15) is 21.5 Å². The highest BCUT2D eigenvalue weighted by molar-refractivity contribution is 6.31. The van der Waals surface area contributed by atoms with Gasteiger partial charge in [0.15, 0.2) is 6.61 Å². The summed E-state index contributed by atoms with van der Waals surface area (Å²) in [4.78, 5) is 23.9. The molecule has 0 aliphatic rings. The number of amides is 1. The van der Waals surface area contributed by atoms with Gasteiger partial charge in [-0.1, -0.05) is 17.7 Å². The van der Waals surface area contributed by atoms with Crippen molar-refractivity contribution < 1.29 is 23.5 Å². The standard InChI is InChI=1S/C18H17ClFNO4/c1-10-4-5-12(7-14(10)20)18(23)25-9-17(22)21-15-6-11(2)13(19)8-16(15)24-3/h4-8H,9H2,1-3H3,(H,21,22). The van der Waals surface area contributed by atoms with Gasteiger partial charge in [-0.05, 0) is 43.2 Å². The molecule has 0 heterocycles. The fourth-order valence-electron chi connectivity index (χ4n) is 2.05. The maximum Gasteiger partial charge on any atom is 0.338 e. The third-order valence-electron chi connectivity index (χ3n) is 3.50. The van der Waals surface area contributed by atoms with Crippen LogP contribution < -0.4 is 10.1 Å². The van der Waals surface area contributed by atoms with Crippen LogP contribution >= 0.6 is 11.6 Å². The van der Waals surface area contributed by atoms with Crippen molar-refractivity contribution in [2.45, 2.75) is 13.8 Å². The summed E-state index contributed by atoms with van der Waals surface area (Å²) >= 11 is 6.00. The number of rotatable bonds is 5. The smallest absolute Gasteiger partial charge is 0.338 e. The average molecular weight is 366 g/mol. The summed E-state index contributed by atoms with van der Waals surface area (Å²) in [7, 11) is 1.45. The molecule has 0 spiro atoms. The molecule has 0 aliphatic carbocycles. The summed E-state index contributed by atoms with van der Waals surface area (Å²) in [6.45, 7) is 2.85. The van der Waals surface area contributed by atoms with E-state index in [1.54, 1.807) is 26.0 Å². The minimum absolute atomic E-state index is 0.0378. The Morgan fingerprint density at radius 1 is 1.16 bits per heavy atom. The monoisotopic (exact) mass is 365 g/mol. The zero-order valence-electron chi connectivity index (χ0n) is 14.0. The molecule has 0 aliphatic heterocycles. The molecule has 2 aromatic carbocycles. The van der Waals surface area contributed by atoms with Crippen LogP contribution in [-0.2, 0) is 9.53 Å². The number of nitrogens with one attached hydrogen (secondary N) is 1. The van der Waals surface area contributed by atoms with Gasteiger partial charge in [-0.15, -0.1) is 0 Å². The van der Waals surface area contributed by atoms with Crippen LogP contribution in [0.3, 0.4) is 0 Å². The number of benzene rings is 2. The molecule has 2 rings (SSSR count). The van der Waals surface area contributed by atoms with Gasteiger partial charge in [-0.3, -0.25) is 4.79 Å². The molecule has 0 radical (unpaired) electrons. The predicted octanol–water partition coefficient (Wildman–Crippen LogP) is 3.90. The van der Waals surface area contributed by atoms with Gasteiger partial charge in [0.1, 0.15) is 11.6 Å². The van der Waals surface area contributed by atoms with Crippen molar-refractivity contribution in [3.05, 3.63) is 57.9 Å². The Balaban J connectivity index is 2.00. The first kappa shape index (κ1) is 18.7. The van der Waals surface area contributed by atoms with Crippen LogP contribution in [0.25, 0.3) is 0 Å². The molecule has 25 heavy (non-hydrogen) atoms. The van der Waals surface area contributed by atoms with Crippen molar-refractivity contribution in [3.63, 3.8) is 0 Å². The second-order valence-corrected chi connectivity index (χ2v) is 5.80. The number of hydrogen-bond donors (Lipinski definition) is 1. The van der Waals surface area contributed by atoms with E-state index in [1.807, 2.05) is 0 Å². The van der Waals surface area contributed by atoms with E-state index in [2.05, 4.69) is 5.32 Å². The van der Waals surface area contributed by atoms with Crippen molar-refractivity contribution >= 4 is 29.2 Å². The first-order valence-electron chi connectivity index (χ1n) is 7.39. The van der Waals surface area contributed by atoms with Crippen molar-refractivity contribution in [2.24, 2.45) is 0 Å². The Morgan fingerprint density at radius 3 is 2.52 bits per heavy atom. The molecule has 0 saturated carbocycles. The molecular weight excluding hydrogens is 349 g/mol. The quantitative estimate of drug-likeness (QED) is 0.816. The van der Waals surface area contributed by atoms with Crippen LogP contribution in [0.5, 0.6) is 5.75 Å². The molecule has 0 atom stereocenters. The summed E-state index contributed by atoms with van der Waals surface area (Å²) in [6, 6.07) is 7.20. The van der Waals surface area contributed by atoms with Gasteiger partial charge in [-0.25, -0.2) is 9.18 Å². The Morgan fingerprint density at radius 2 is 1.88 bits per heavy atom. The molecular formula is C18H17ClFNO4. The van der Waals surface area contributed by atoms with E-state index in [0.717, 1.165) is 11.6 Å².